The second-order valence-electron chi connectivity index (χ2n) is 4.02. The lowest BCUT2D eigenvalue weighted by Gasteiger charge is -2.28. The molecule has 1 aromatic rings. The average molecular weight is 368 g/mol. The molecule has 0 radical (unpaired) electrons. The van der Waals surface area contributed by atoms with Gasteiger partial charge in [0.15, 0.2) is 5.75 Å². The number of ether oxygens (including phenoxy) is 3. The Labute approximate surface area is 142 Å². The normalized spacial score (nSPS) is 14.6. The fourth-order valence-electron chi connectivity index (χ4n) is 1.71. The van der Waals surface area contributed by atoms with E-state index in [1.165, 1.54) is 12.1 Å². The van der Waals surface area contributed by atoms with Crippen molar-refractivity contribution in [3.8, 4) is 5.75 Å². The number of hydrogen-bond acceptors (Lipinski definition) is 5. The predicted molar refractivity (Wildman–Crippen MR) is 84.2 cm³/mol. The summed E-state index contributed by atoms with van der Waals surface area (Å²) in [5.74, 6) is 0.255. The molecule has 1 aliphatic rings. The highest BCUT2D eigenvalue weighted by atomic mass is 35.5. The highest BCUT2D eigenvalue weighted by molar-refractivity contribution is 6.37. The van der Waals surface area contributed by atoms with Crippen LogP contribution in [0.2, 0.25) is 10.0 Å². The number of benzene rings is 1. The quantitative estimate of drug-likeness (QED) is 0.788. The van der Waals surface area contributed by atoms with Crippen LogP contribution in [-0.2, 0) is 9.47 Å². The van der Waals surface area contributed by atoms with Crippen molar-refractivity contribution in [2.75, 3.05) is 18.2 Å². The molecule has 1 amide bonds. The molecule has 9 heteroatoms. The van der Waals surface area contributed by atoms with Crippen LogP contribution in [0.15, 0.2) is 23.2 Å². The summed E-state index contributed by atoms with van der Waals surface area (Å²) < 4.78 is 15.4. The maximum absolute atomic E-state index is 12.0. The highest BCUT2D eigenvalue weighted by Gasteiger charge is 2.29. The minimum atomic E-state index is -0.732. The summed E-state index contributed by atoms with van der Waals surface area (Å²) in [6, 6.07) is 3.01. The zero-order valence-corrected chi connectivity index (χ0v) is 14.1. The van der Waals surface area contributed by atoms with E-state index < -0.39 is 6.09 Å². The first-order chi connectivity index (χ1) is 10.5. The number of anilines is 1. The van der Waals surface area contributed by atoms with E-state index in [0.29, 0.717) is 24.7 Å². The summed E-state index contributed by atoms with van der Waals surface area (Å²) in [7, 11) is 0. The molecule has 1 heterocycles. The molecule has 1 aromatic carbocycles. The van der Waals surface area contributed by atoms with Crippen molar-refractivity contribution in [3.63, 3.8) is 0 Å². The van der Waals surface area contributed by atoms with Crippen molar-refractivity contribution in [3.05, 3.63) is 33.3 Å². The molecule has 120 valence electrons. The van der Waals surface area contributed by atoms with E-state index >= 15 is 0 Å². The van der Waals surface area contributed by atoms with Crippen LogP contribution in [0.3, 0.4) is 0 Å². The number of amides is 1. The fourth-order valence-corrected chi connectivity index (χ4v) is 2.47. The van der Waals surface area contributed by atoms with E-state index in [0.717, 1.165) is 5.01 Å². The average Bonchev–Trinajstić information content (AvgIpc) is 2.46. The van der Waals surface area contributed by atoms with Crippen molar-refractivity contribution < 1.29 is 19.0 Å². The Morgan fingerprint density at radius 1 is 1.14 bits per heavy atom. The van der Waals surface area contributed by atoms with Gasteiger partial charge in [0.25, 0.3) is 0 Å². The van der Waals surface area contributed by atoms with Crippen molar-refractivity contribution in [2.45, 2.75) is 13.8 Å². The maximum atomic E-state index is 12.0. The summed E-state index contributed by atoms with van der Waals surface area (Å²) >= 11 is 18.2. The zero-order valence-electron chi connectivity index (χ0n) is 11.8. The van der Waals surface area contributed by atoms with E-state index in [9.17, 15) is 4.79 Å². The third kappa shape index (κ3) is 3.45. The number of nitrogens with one attached hydrogen (secondary N) is 1. The molecule has 0 spiro atoms. The Bertz CT molecular complexity index is 598. The fraction of sp³-hybridized carbons (Fsp3) is 0.308. The third-order valence-corrected chi connectivity index (χ3v) is 3.36. The summed E-state index contributed by atoms with van der Waals surface area (Å²) in [5, 5.41) is 1.60. The molecule has 0 fully saturated rings. The summed E-state index contributed by atoms with van der Waals surface area (Å²) in [6.45, 7) is 4.27. The van der Waals surface area contributed by atoms with Gasteiger partial charge in [-0.25, -0.2) is 4.79 Å². The zero-order chi connectivity index (χ0) is 16.3. The first-order valence-electron chi connectivity index (χ1n) is 6.40. The largest absolute Gasteiger partial charge is 0.491 e. The van der Waals surface area contributed by atoms with Gasteiger partial charge in [0, 0.05) is 0 Å². The molecule has 0 bridgehead atoms. The number of hydrazine groups is 1. The lowest BCUT2D eigenvalue weighted by Crippen LogP contribution is -2.46. The molecule has 1 aliphatic heterocycles. The molecule has 2 rings (SSSR count). The van der Waals surface area contributed by atoms with E-state index in [2.05, 4.69) is 5.43 Å². The van der Waals surface area contributed by atoms with Crippen molar-refractivity contribution in [1.82, 2.24) is 5.43 Å². The first kappa shape index (κ1) is 16.9. The maximum Gasteiger partial charge on any atom is 0.441 e. The molecule has 0 saturated heterocycles. The number of nitrogens with zero attached hydrogens (tertiary/aromatic N) is 1. The monoisotopic (exact) mass is 366 g/mol. The Hall–Kier alpha value is -1.50. The number of halogens is 3. The number of carbonyl (C=O) groups excluding carboxylic acids is 1. The summed E-state index contributed by atoms with van der Waals surface area (Å²) in [6.07, 6.45) is -0.732. The Morgan fingerprint density at radius 3 is 2.27 bits per heavy atom. The summed E-state index contributed by atoms with van der Waals surface area (Å²) in [5.41, 5.74) is 2.99. The van der Waals surface area contributed by atoms with Gasteiger partial charge in [-0.2, -0.15) is 5.01 Å². The van der Waals surface area contributed by atoms with Gasteiger partial charge in [-0.1, -0.05) is 34.8 Å². The molecule has 0 aromatic heterocycles. The molecule has 1 N–H and O–H groups in total. The number of cyclic esters (lactones) is 1. The summed E-state index contributed by atoms with van der Waals surface area (Å²) in [4.78, 5) is 12.0. The van der Waals surface area contributed by atoms with Crippen molar-refractivity contribution >= 4 is 46.6 Å². The smallest absolute Gasteiger partial charge is 0.441 e. The Balaban J connectivity index is 2.31. The number of rotatable bonds is 5. The van der Waals surface area contributed by atoms with Gasteiger partial charge in [-0.05, 0) is 26.0 Å². The third-order valence-electron chi connectivity index (χ3n) is 2.56. The van der Waals surface area contributed by atoms with Crippen LogP contribution in [0, 0.1) is 0 Å². The van der Waals surface area contributed by atoms with Crippen LogP contribution in [0.1, 0.15) is 13.8 Å². The van der Waals surface area contributed by atoms with E-state index in [1.807, 2.05) is 6.92 Å². The minimum Gasteiger partial charge on any atom is -0.491 e. The molecule has 0 unspecified atom stereocenters. The van der Waals surface area contributed by atoms with Gasteiger partial charge in [0.2, 0.25) is 5.16 Å². The van der Waals surface area contributed by atoms with E-state index in [4.69, 9.17) is 49.0 Å². The highest BCUT2D eigenvalue weighted by Crippen LogP contribution is 2.37. The van der Waals surface area contributed by atoms with Gasteiger partial charge in [0.1, 0.15) is 0 Å². The minimum absolute atomic E-state index is 0.0302. The van der Waals surface area contributed by atoms with E-state index in [1.54, 1.807) is 6.92 Å². The second kappa shape index (κ2) is 7.17. The van der Waals surface area contributed by atoms with Gasteiger partial charge in [-0.3, -0.25) is 5.43 Å². The van der Waals surface area contributed by atoms with Crippen LogP contribution in [-0.4, -0.2) is 19.3 Å². The molecule has 0 atom stereocenters. The molecule has 0 saturated carbocycles. The molecular formula is C13H13Cl3N2O4. The lowest BCUT2D eigenvalue weighted by atomic mass is 10.3. The van der Waals surface area contributed by atoms with Gasteiger partial charge in [0.05, 0.1) is 28.9 Å². The van der Waals surface area contributed by atoms with E-state index in [-0.39, 0.29) is 21.1 Å². The molecular weight excluding hydrogens is 355 g/mol. The lowest BCUT2D eigenvalue weighted by molar-refractivity contribution is 0.0649. The number of hydrogen-bond donors (Lipinski definition) is 1. The van der Waals surface area contributed by atoms with Crippen LogP contribution in [0.25, 0.3) is 0 Å². The van der Waals surface area contributed by atoms with Crippen molar-refractivity contribution in [2.24, 2.45) is 0 Å². The van der Waals surface area contributed by atoms with Crippen LogP contribution < -0.4 is 15.2 Å². The van der Waals surface area contributed by atoms with Crippen LogP contribution in [0.5, 0.6) is 5.75 Å². The van der Waals surface area contributed by atoms with Crippen LogP contribution in [0.4, 0.5) is 10.5 Å². The predicted octanol–water partition coefficient (Wildman–Crippen LogP) is 4.26. The second-order valence-corrected chi connectivity index (χ2v) is 5.21. The molecule has 6 nitrogen and oxygen atoms in total. The Morgan fingerprint density at radius 2 is 1.73 bits per heavy atom. The van der Waals surface area contributed by atoms with Crippen molar-refractivity contribution in [1.29, 1.82) is 0 Å². The van der Waals surface area contributed by atoms with Gasteiger partial charge < -0.3 is 14.2 Å². The van der Waals surface area contributed by atoms with Gasteiger partial charge >= 0.3 is 12.0 Å². The SMILES string of the molecule is CCOC1=C(Cl)NN(c2cc(Cl)c(OCC)c(Cl)c2)C(=O)O1. The standard InChI is InChI=1S/C13H13Cl3N2O4/c1-3-20-10-8(14)5-7(6-9(10)15)18-13(19)22-12(21-4-2)11(16)17-18/h5-6,17H,3-4H2,1-2H3. The Kier molecular flexibility index (Phi) is 5.50. The molecule has 0 aliphatic carbocycles. The van der Waals surface area contributed by atoms with Gasteiger partial charge in [-0.15, -0.1) is 0 Å². The topological polar surface area (TPSA) is 60.0 Å². The van der Waals surface area contributed by atoms with Crippen LogP contribution >= 0.6 is 34.8 Å². The molecule has 22 heavy (non-hydrogen) atoms. The first-order valence-corrected chi connectivity index (χ1v) is 7.54. The number of carbonyl (C=O) groups is 1.